The number of pyridine rings is 1. The number of carbonyl (C=O) groups is 1. The zero-order valence-corrected chi connectivity index (χ0v) is 8.38. The Morgan fingerprint density at radius 2 is 2.25 bits per heavy atom. The van der Waals surface area contributed by atoms with Gasteiger partial charge in [0.25, 0.3) is 5.91 Å². The Bertz CT molecular complexity index is 546. The van der Waals surface area contributed by atoms with Crippen LogP contribution in [0.5, 0.6) is 0 Å². The molecule has 0 aliphatic carbocycles. The number of nitrogens with zero attached hydrogens (tertiary/aromatic N) is 4. The van der Waals surface area contributed by atoms with Crippen LogP contribution in [-0.2, 0) is 0 Å². The monoisotopic (exact) mass is 220 g/mol. The first kappa shape index (κ1) is 9.26. The van der Waals surface area contributed by atoms with Crippen LogP contribution in [0.4, 0.5) is 4.39 Å². The van der Waals surface area contributed by atoms with Crippen molar-refractivity contribution in [1.29, 1.82) is 0 Å². The summed E-state index contributed by atoms with van der Waals surface area (Å²) in [5.41, 5.74) is 1.21. The molecule has 1 aliphatic rings. The molecular formula is C10H9FN4O. The molecule has 0 N–H and O–H groups in total. The van der Waals surface area contributed by atoms with Gasteiger partial charge in [0, 0.05) is 6.20 Å². The van der Waals surface area contributed by atoms with Crippen molar-refractivity contribution >= 4 is 11.6 Å². The second-order valence-electron chi connectivity index (χ2n) is 3.82. The van der Waals surface area contributed by atoms with Crippen LogP contribution in [0.1, 0.15) is 10.4 Å². The number of aromatic nitrogens is 3. The molecule has 6 heteroatoms. The first-order chi connectivity index (χ1) is 7.74. The number of rotatable bonds is 1. The lowest BCUT2D eigenvalue weighted by molar-refractivity contribution is 0.0400. The molecule has 5 nitrogen and oxygen atoms in total. The van der Waals surface area contributed by atoms with Gasteiger partial charge in [0.1, 0.15) is 12.5 Å². The van der Waals surface area contributed by atoms with Crippen molar-refractivity contribution in [2.75, 3.05) is 13.1 Å². The summed E-state index contributed by atoms with van der Waals surface area (Å²) in [4.78, 5) is 13.3. The highest BCUT2D eigenvalue weighted by atomic mass is 19.1. The van der Waals surface area contributed by atoms with E-state index in [1.165, 1.54) is 11.2 Å². The summed E-state index contributed by atoms with van der Waals surface area (Å²) in [6, 6.07) is 3.39. The summed E-state index contributed by atoms with van der Waals surface area (Å²) < 4.78 is 14.3. The van der Waals surface area contributed by atoms with E-state index in [9.17, 15) is 9.18 Å². The van der Waals surface area contributed by atoms with Crippen molar-refractivity contribution in [2.45, 2.75) is 6.17 Å². The maximum absolute atomic E-state index is 12.6. The molecule has 1 aliphatic heterocycles. The molecule has 0 aromatic carbocycles. The molecule has 1 saturated heterocycles. The van der Waals surface area contributed by atoms with E-state index in [-0.39, 0.29) is 19.0 Å². The van der Waals surface area contributed by atoms with E-state index < -0.39 is 6.17 Å². The Labute approximate surface area is 90.5 Å². The highest BCUT2D eigenvalue weighted by Crippen LogP contribution is 2.15. The predicted molar refractivity (Wildman–Crippen MR) is 53.8 cm³/mol. The highest BCUT2D eigenvalue weighted by Gasteiger charge is 2.30. The van der Waals surface area contributed by atoms with Gasteiger partial charge in [-0.2, -0.15) is 0 Å². The quantitative estimate of drug-likeness (QED) is 0.704. The van der Waals surface area contributed by atoms with Gasteiger partial charge < -0.3 is 4.90 Å². The number of hydrogen-bond acceptors (Lipinski definition) is 3. The first-order valence-electron chi connectivity index (χ1n) is 4.97. The Morgan fingerprint density at radius 3 is 3.00 bits per heavy atom. The lowest BCUT2D eigenvalue weighted by Gasteiger charge is -2.34. The minimum absolute atomic E-state index is 0.149. The fourth-order valence-corrected chi connectivity index (χ4v) is 1.73. The molecule has 2 aromatic rings. The van der Waals surface area contributed by atoms with Crippen molar-refractivity contribution in [3.63, 3.8) is 0 Å². The fourth-order valence-electron chi connectivity index (χ4n) is 1.73. The maximum atomic E-state index is 12.6. The maximum Gasteiger partial charge on any atom is 0.255 e. The number of amides is 1. The normalized spacial score (nSPS) is 16.4. The third-order valence-electron chi connectivity index (χ3n) is 2.66. The van der Waals surface area contributed by atoms with Gasteiger partial charge in [-0.05, 0) is 12.1 Å². The molecule has 2 aromatic heterocycles. The Kier molecular flexibility index (Phi) is 1.89. The van der Waals surface area contributed by atoms with E-state index in [0.29, 0.717) is 11.2 Å². The van der Waals surface area contributed by atoms with E-state index in [1.807, 2.05) is 0 Å². The first-order valence-corrected chi connectivity index (χ1v) is 4.97. The van der Waals surface area contributed by atoms with Gasteiger partial charge in [-0.3, -0.25) is 9.20 Å². The minimum Gasteiger partial charge on any atom is -0.333 e. The van der Waals surface area contributed by atoms with Crippen LogP contribution in [0.25, 0.3) is 5.65 Å². The zero-order valence-electron chi connectivity index (χ0n) is 8.38. The van der Waals surface area contributed by atoms with Crippen LogP contribution >= 0.6 is 0 Å². The van der Waals surface area contributed by atoms with Crippen molar-refractivity contribution in [3.05, 3.63) is 30.2 Å². The summed E-state index contributed by atoms with van der Waals surface area (Å²) in [6.07, 6.45) is 2.31. The average molecular weight is 220 g/mol. The molecule has 16 heavy (non-hydrogen) atoms. The Hall–Kier alpha value is -1.98. The second-order valence-corrected chi connectivity index (χ2v) is 3.82. The zero-order chi connectivity index (χ0) is 11.1. The van der Waals surface area contributed by atoms with Crippen LogP contribution < -0.4 is 0 Å². The number of likely N-dealkylation sites (tertiary alicyclic amines) is 1. The van der Waals surface area contributed by atoms with Crippen LogP contribution in [0, 0.1) is 0 Å². The second kappa shape index (κ2) is 3.26. The van der Waals surface area contributed by atoms with Crippen molar-refractivity contribution in [3.8, 4) is 0 Å². The fraction of sp³-hybridized carbons (Fsp3) is 0.300. The number of halogens is 1. The molecule has 82 valence electrons. The summed E-state index contributed by atoms with van der Waals surface area (Å²) >= 11 is 0. The van der Waals surface area contributed by atoms with Gasteiger partial charge in [0.2, 0.25) is 0 Å². The van der Waals surface area contributed by atoms with Crippen LogP contribution in [-0.4, -0.2) is 44.7 Å². The molecular weight excluding hydrogens is 211 g/mol. The highest BCUT2D eigenvalue weighted by molar-refractivity contribution is 5.94. The largest absolute Gasteiger partial charge is 0.333 e. The number of carbonyl (C=O) groups excluding carboxylic acids is 1. The smallest absolute Gasteiger partial charge is 0.255 e. The standard InChI is InChI=1S/C10H9FN4O/c11-8-4-14(5-8)10(16)7-1-2-9-13-12-6-15(9)3-7/h1-3,6,8H,4-5H2. The van der Waals surface area contributed by atoms with Crippen molar-refractivity contribution in [1.82, 2.24) is 19.5 Å². The SMILES string of the molecule is O=C(c1ccc2nncn2c1)N1CC(F)C1. The molecule has 0 spiro atoms. The van der Waals surface area contributed by atoms with Crippen LogP contribution in [0.2, 0.25) is 0 Å². The summed E-state index contributed by atoms with van der Waals surface area (Å²) in [7, 11) is 0. The molecule has 1 amide bonds. The molecule has 0 saturated carbocycles. The topological polar surface area (TPSA) is 50.5 Å². The Morgan fingerprint density at radius 1 is 1.44 bits per heavy atom. The summed E-state index contributed by atoms with van der Waals surface area (Å²) in [5.74, 6) is -0.149. The van der Waals surface area contributed by atoms with E-state index in [1.54, 1.807) is 22.7 Å². The Balaban J connectivity index is 1.90. The molecule has 0 atom stereocenters. The van der Waals surface area contributed by atoms with Crippen LogP contribution in [0.3, 0.4) is 0 Å². The molecule has 1 fully saturated rings. The van der Waals surface area contributed by atoms with Gasteiger partial charge >= 0.3 is 0 Å². The van der Waals surface area contributed by atoms with Gasteiger partial charge in [-0.25, -0.2) is 4.39 Å². The molecule has 3 rings (SSSR count). The molecule has 3 heterocycles. The number of hydrogen-bond donors (Lipinski definition) is 0. The van der Waals surface area contributed by atoms with Crippen molar-refractivity contribution < 1.29 is 9.18 Å². The average Bonchev–Trinajstić information content (AvgIpc) is 2.70. The van der Waals surface area contributed by atoms with Crippen molar-refractivity contribution in [2.24, 2.45) is 0 Å². The molecule has 0 radical (unpaired) electrons. The van der Waals surface area contributed by atoms with Gasteiger partial charge in [0.05, 0.1) is 18.7 Å². The lowest BCUT2D eigenvalue weighted by Crippen LogP contribution is -2.51. The van der Waals surface area contributed by atoms with Gasteiger partial charge in [-0.1, -0.05) is 0 Å². The minimum atomic E-state index is -0.873. The predicted octanol–water partition coefficient (Wildman–Crippen LogP) is 0.523. The van der Waals surface area contributed by atoms with E-state index >= 15 is 0 Å². The number of alkyl halides is 1. The molecule has 0 unspecified atom stereocenters. The summed E-state index contributed by atoms with van der Waals surface area (Å²) in [5, 5.41) is 7.56. The molecule has 0 bridgehead atoms. The summed E-state index contributed by atoms with van der Waals surface area (Å²) in [6.45, 7) is 0.387. The lowest BCUT2D eigenvalue weighted by atomic mass is 10.1. The van der Waals surface area contributed by atoms with E-state index in [0.717, 1.165) is 0 Å². The number of fused-ring (bicyclic) bond motifs is 1. The van der Waals surface area contributed by atoms with Gasteiger partial charge in [-0.15, -0.1) is 10.2 Å². The van der Waals surface area contributed by atoms with Gasteiger partial charge in [0.15, 0.2) is 5.65 Å². The third-order valence-corrected chi connectivity index (χ3v) is 2.66. The third kappa shape index (κ3) is 1.34. The van der Waals surface area contributed by atoms with Crippen LogP contribution in [0.15, 0.2) is 24.7 Å². The van der Waals surface area contributed by atoms with E-state index in [2.05, 4.69) is 10.2 Å². The van der Waals surface area contributed by atoms with E-state index in [4.69, 9.17) is 0 Å².